The van der Waals surface area contributed by atoms with Crippen molar-refractivity contribution >= 4 is 23.5 Å². The monoisotopic (exact) mass is 312 g/mol. The molecule has 1 aliphatic rings. The van der Waals surface area contributed by atoms with Crippen LogP contribution >= 0.6 is 0 Å². The zero-order chi connectivity index (χ0) is 16.6. The lowest BCUT2D eigenvalue weighted by Crippen LogP contribution is -2.33. The fraction of sp³-hybridized carbons (Fsp3) is 0.312. The first kappa shape index (κ1) is 15.1. The zero-order valence-corrected chi connectivity index (χ0v) is 13.1. The summed E-state index contributed by atoms with van der Waals surface area (Å²) in [6.07, 6.45) is -0.0518. The Morgan fingerprint density at radius 3 is 2.61 bits per heavy atom. The van der Waals surface area contributed by atoms with Gasteiger partial charge < -0.3 is 4.74 Å². The fourth-order valence-corrected chi connectivity index (χ4v) is 2.40. The Morgan fingerprint density at radius 2 is 1.96 bits per heavy atom. The van der Waals surface area contributed by atoms with E-state index >= 15 is 0 Å². The molecule has 0 aliphatic carbocycles. The third-order valence-corrected chi connectivity index (χ3v) is 3.79. The minimum absolute atomic E-state index is 0.0518. The second-order valence-electron chi connectivity index (χ2n) is 5.44. The Balaban J connectivity index is 1.96. The van der Waals surface area contributed by atoms with Crippen LogP contribution in [0.4, 0.5) is 5.95 Å². The minimum Gasteiger partial charge on any atom is -0.469 e. The van der Waals surface area contributed by atoms with Crippen LogP contribution in [0.1, 0.15) is 23.7 Å². The van der Waals surface area contributed by atoms with Gasteiger partial charge in [-0.25, -0.2) is 4.99 Å². The molecule has 0 saturated carbocycles. The van der Waals surface area contributed by atoms with Crippen LogP contribution in [-0.2, 0) is 9.53 Å². The quantitative estimate of drug-likeness (QED) is 0.811. The summed E-state index contributed by atoms with van der Waals surface area (Å²) in [5, 5.41) is 4.25. The number of nitrogens with zero attached hydrogens (tertiary/aromatic N) is 4. The van der Waals surface area contributed by atoms with Crippen LogP contribution in [0.3, 0.4) is 0 Å². The first-order chi connectivity index (χ1) is 11.0. The molecule has 1 aromatic heterocycles. The Hall–Kier alpha value is -2.83. The number of methoxy groups -OCH3 is 1. The van der Waals surface area contributed by atoms with Crippen molar-refractivity contribution in [1.82, 2.24) is 14.8 Å². The minimum atomic E-state index is -0.664. The van der Waals surface area contributed by atoms with Crippen molar-refractivity contribution in [3.8, 4) is 11.4 Å². The average molecular weight is 312 g/mol. The van der Waals surface area contributed by atoms with E-state index in [0.717, 1.165) is 15.8 Å². The number of aromatic nitrogens is 3. The summed E-state index contributed by atoms with van der Waals surface area (Å²) in [7, 11) is 1.29. The molecule has 7 heteroatoms. The summed E-state index contributed by atoms with van der Waals surface area (Å²) >= 11 is 0. The number of aliphatic imine (C=N–C) groups is 1. The van der Waals surface area contributed by atoms with Crippen LogP contribution < -0.4 is 0 Å². The third-order valence-electron chi connectivity index (χ3n) is 3.79. The summed E-state index contributed by atoms with van der Waals surface area (Å²) in [5.74, 6) is -0.765. The molecule has 1 aliphatic heterocycles. The fourth-order valence-electron chi connectivity index (χ4n) is 2.40. The molecule has 7 nitrogen and oxygen atoms in total. The molecule has 0 amide bonds. The molecule has 0 saturated heterocycles. The Kier molecular flexibility index (Phi) is 3.77. The molecule has 0 fully saturated rings. The van der Waals surface area contributed by atoms with Crippen LogP contribution in [0.15, 0.2) is 29.3 Å². The number of carbonyl (C=O) groups excluding carboxylic acids is 2. The van der Waals surface area contributed by atoms with Gasteiger partial charge in [0.2, 0.25) is 0 Å². The Morgan fingerprint density at radius 1 is 1.26 bits per heavy atom. The average Bonchev–Trinajstić information content (AvgIpc) is 2.95. The molecule has 0 N–H and O–H groups in total. The summed E-state index contributed by atoms with van der Waals surface area (Å²) < 4.78 is 5.79. The van der Waals surface area contributed by atoms with E-state index in [2.05, 4.69) is 19.8 Å². The smallest absolute Gasteiger partial charge is 0.306 e. The SMILES string of the molecule is COC(=O)CC1C(=O)n2nc(-c3ccc(C)cc3)nc2N=C1C. The van der Waals surface area contributed by atoms with E-state index in [-0.39, 0.29) is 18.3 Å². The Bertz CT molecular complexity index is 805. The van der Waals surface area contributed by atoms with E-state index in [1.165, 1.54) is 7.11 Å². The molecule has 1 aromatic carbocycles. The molecule has 0 radical (unpaired) electrons. The number of rotatable bonds is 3. The van der Waals surface area contributed by atoms with Crippen LogP contribution in [-0.4, -0.2) is 39.5 Å². The van der Waals surface area contributed by atoms with Gasteiger partial charge in [0.15, 0.2) is 5.82 Å². The molecule has 0 bridgehead atoms. The number of fused-ring (bicyclic) bond motifs is 1. The molecule has 0 spiro atoms. The maximum absolute atomic E-state index is 12.5. The summed E-state index contributed by atoms with van der Waals surface area (Å²) in [5.41, 5.74) is 2.47. The van der Waals surface area contributed by atoms with Crippen LogP contribution in [0.25, 0.3) is 11.4 Å². The molecule has 1 unspecified atom stereocenters. The highest BCUT2D eigenvalue weighted by molar-refractivity contribution is 6.09. The van der Waals surface area contributed by atoms with Gasteiger partial charge in [0.25, 0.3) is 11.9 Å². The Labute approximate surface area is 133 Å². The number of benzene rings is 1. The predicted octanol–water partition coefficient (Wildman–Crippen LogP) is 2.18. The standard InChI is InChI=1S/C16H16N4O3/c1-9-4-6-11(7-5-9)14-18-16-17-10(2)12(8-13(21)23-3)15(22)20(16)19-14/h4-7,12H,8H2,1-3H3. The zero-order valence-electron chi connectivity index (χ0n) is 13.1. The van der Waals surface area contributed by atoms with E-state index < -0.39 is 11.9 Å². The van der Waals surface area contributed by atoms with Gasteiger partial charge >= 0.3 is 5.97 Å². The second kappa shape index (κ2) is 5.75. The first-order valence-electron chi connectivity index (χ1n) is 7.20. The first-order valence-corrected chi connectivity index (χ1v) is 7.20. The lowest BCUT2D eigenvalue weighted by molar-refractivity contribution is -0.141. The van der Waals surface area contributed by atoms with Gasteiger partial charge in [-0.2, -0.15) is 9.67 Å². The summed E-state index contributed by atoms with van der Waals surface area (Å²) in [6, 6.07) is 7.69. The van der Waals surface area contributed by atoms with Crippen molar-refractivity contribution in [2.24, 2.45) is 10.9 Å². The van der Waals surface area contributed by atoms with Gasteiger partial charge in [-0.15, -0.1) is 5.10 Å². The van der Waals surface area contributed by atoms with Gasteiger partial charge in [-0.1, -0.05) is 29.8 Å². The number of esters is 1. The molecular weight excluding hydrogens is 296 g/mol. The maximum atomic E-state index is 12.5. The number of hydrogen-bond donors (Lipinski definition) is 0. The van der Waals surface area contributed by atoms with Gasteiger partial charge in [0.05, 0.1) is 19.4 Å². The van der Waals surface area contributed by atoms with E-state index in [0.29, 0.717) is 11.5 Å². The summed E-state index contributed by atoms with van der Waals surface area (Å²) in [6.45, 7) is 3.69. The molecule has 3 rings (SSSR count). The number of carbonyl (C=O) groups is 2. The van der Waals surface area contributed by atoms with Crippen LogP contribution in [0, 0.1) is 12.8 Å². The highest BCUT2D eigenvalue weighted by Crippen LogP contribution is 2.26. The van der Waals surface area contributed by atoms with E-state index in [9.17, 15) is 9.59 Å². The van der Waals surface area contributed by atoms with Crippen molar-refractivity contribution in [2.45, 2.75) is 20.3 Å². The summed E-state index contributed by atoms with van der Waals surface area (Å²) in [4.78, 5) is 32.6. The number of hydrogen-bond acceptors (Lipinski definition) is 6. The topological polar surface area (TPSA) is 86.4 Å². The van der Waals surface area contributed by atoms with Crippen molar-refractivity contribution in [3.05, 3.63) is 29.8 Å². The second-order valence-corrected chi connectivity index (χ2v) is 5.44. The van der Waals surface area contributed by atoms with Crippen LogP contribution in [0.2, 0.25) is 0 Å². The number of ether oxygens (including phenoxy) is 1. The highest BCUT2D eigenvalue weighted by atomic mass is 16.5. The van der Waals surface area contributed by atoms with E-state index in [4.69, 9.17) is 0 Å². The lowest BCUT2D eigenvalue weighted by Gasteiger charge is -2.18. The molecule has 2 heterocycles. The van der Waals surface area contributed by atoms with Crippen LogP contribution in [0.5, 0.6) is 0 Å². The third kappa shape index (κ3) is 2.77. The molecule has 118 valence electrons. The van der Waals surface area contributed by atoms with Gasteiger partial charge in [0, 0.05) is 11.3 Å². The predicted molar refractivity (Wildman–Crippen MR) is 83.7 cm³/mol. The molecular formula is C16H16N4O3. The van der Waals surface area contributed by atoms with E-state index in [1.54, 1.807) is 6.92 Å². The van der Waals surface area contributed by atoms with Gasteiger partial charge in [0.1, 0.15) is 0 Å². The largest absolute Gasteiger partial charge is 0.469 e. The van der Waals surface area contributed by atoms with E-state index in [1.807, 2.05) is 31.2 Å². The molecule has 2 aromatic rings. The van der Waals surface area contributed by atoms with Crippen molar-refractivity contribution < 1.29 is 14.3 Å². The molecule has 23 heavy (non-hydrogen) atoms. The van der Waals surface area contributed by atoms with Crippen molar-refractivity contribution in [1.29, 1.82) is 0 Å². The highest BCUT2D eigenvalue weighted by Gasteiger charge is 2.33. The van der Waals surface area contributed by atoms with Crippen molar-refractivity contribution in [2.75, 3.05) is 7.11 Å². The number of aryl methyl sites for hydroxylation is 1. The molecule has 1 atom stereocenters. The van der Waals surface area contributed by atoms with Gasteiger partial charge in [-0.3, -0.25) is 9.59 Å². The van der Waals surface area contributed by atoms with Crippen molar-refractivity contribution in [3.63, 3.8) is 0 Å². The lowest BCUT2D eigenvalue weighted by atomic mass is 9.98. The maximum Gasteiger partial charge on any atom is 0.306 e. The van der Waals surface area contributed by atoms with Gasteiger partial charge in [-0.05, 0) is 13.8 Å². The normalized spacial score (nSPS) is 16.7.